The molecule has 2 amide bonds. The second kappa shape index (κ2) is 8.74. The molecule has 0 saturated heterocycles. The van der Waals surface area contributed by atoms with Crippen LogP contribution in [-0.4, -0.2) is 24.5 Å². The Bertz CT molecular complexity index is 1130. The lowest BCUT2D eigenvalue weighted by Crippen LogP contribution is -2.50. The highest BCUT2D eigenvalue weighted by molar-refractivity contribution is 6.08. The molecular formula is C24H19F3N2O3. The van der Waals surface area contributed by atoms with E-state index in [0.717, 1.165) is 17.7 Å². The molecule has 3 aromatic rings. The molecule has 0 saturated carbocycles. The predicted molar refractivity (Wildman–Crippen MR) is 112 cm³/mol. The number of amides is 2. The summed E-state index contributed by atoms with van der Waals surface area (Å²) >= 11 is 0. The Morgan fingerprint density at radius 3 is 2.44 bits per heavy atom. The molecule has 8 heteroatoms. The van der Waals surface area contributed by atoms with Crippen LogP contribution in [0.1, 0.15) is 21.5 Å². The van der Waals surface area contributed by atoms with Crippen LogP contribution in [0.5, 0.6) is 5.75 Å². The zero-order chi connectivity index (χ0) is 22.7. The largest absolute Gasteiger partial charge is 0.477 e. The SMILES string of the molecule is O=C(NCc1ccccc1)C1CN(C(=O)c2cccc(C(F)(F)F)c2)c2ccccc2O1. The maximum Gasteiger partial charge on any atom is 0.416 e. The fraction of sp³-hybridized carbons (Fsp3) is 0.167. The van der Waals surface area contributed by atoms with Crippen LogP contribution < -0.4 is 15.0 Å². The molecule has 1 N–H and O–H groups in total. The van der Waals surface area contributed by atoms with Crippen LogP contribution in [0.4, 0.5) is 18.9 Å². The highest BCUT2D eigenvalue weighted by Gasteiger charge is 2.35. The Morgan fingerprint density at radius 1 is 0.969 bits per heavy atom. The van der Waals surface area contributed by atoms with Crippen LogP contribution in [0.15, 0.2) is 78.9 Å². The third-order valence-electron chi connectivity index (χ3n) is 5.06. The lowest BCUT2D eigenvalue weighted by atomic mass is 10.1. The molecule has 4 rings (SSSR count). The van der Waals surface area contributed by atoms with E-state index in [-0.39, 0.29) is 18.7 Å². The van der Waals surface area contributed by atoms with Crippen LogP contribution in [-0.2, 0) is 17.5 Å². The number of carbonyl (C=O) groups excluding carboxylic acids is 2. The van der Waals surface area contributed by atoms with Crippen LogP contribution in [0.2, 0.25) is 0 Å². The molecule has 0 aromatic heterocycles. The lowest BCUT2D eigenvalue weighted by molar-refractivity contribution is -0.137. The number of para-hydroxylation sites is 2. The average Bonchev–Trinajstić information content (AvgIpc) is 2.81. The molecule has 1 heterocycles. The van der Waals surface area contributed by atoms with E-state index in [1.165, 1.54) is 17.0 Å². The molecule has 0 radical (unpaired) electrons. The molecule has 164 valence electrons. The minimum atomic E-state index is -4.57. The Labute approximate surface area is 182 Å². The van der Waals surface area contributed by atoms with E-state index < -0.39 is 29.7 Å². The van der Waals surface area contributed by atoms with Crippen molar-refractivity contribution in [1.82, 2.24) is 5.32 Å². The minimum Gasteiger partial charge on any atom is -0.477 e. The first kappa shape index (κ1) is 21.4. The molecule has 0 spiro atoms. The number of anilines is 1. The van der Waals surface area contributed by atoms with Crippen molar-refractivity contribution in [3.8, 4) is 5.75 Å². The standard InChI is InChI=1S/C24H19F3N2O3/c25-24(26,27)18-10-6-9-17(13-18)23(31)29-15-21(32-20-12-5-4-11-19(20)29)22(30)28-14-16-7-2-1-3-8-16/h1-13,21H,14-15H2,(H,28,30). The molecule has 0 aliphatic carbocycles. The smallest absolute Gasteiger partial charge is 0.416 e. The number of rotatable bonds is 4. The summed E-state index contributed by atoms with van der Waals surface area (Å²) in [5.41, 5.74) is 0.248. The van der Waals surface area contributed by atoms with E-state index in [1.807, 2.05) is 30.3 Å². The van der Waals surface area contributed by atoms with Crippen molar-refractivity contribution in [2.45, 2.75) is 18.8 Å². The van der Waals surface area contributed by atoms with Gasteiger partial charge in [-0.2, -0.15) is 13.2 Å². The summed E-state index contributed by atoms with van der Waals surface area (Å²) < 4.78 is 45.1. The monoisotopic (exact) mass is 440 g/mol. The van der Waals surface area contributed by atoms with Gasteiger partial charge in [-0.25, -0.2) is 0 Å². The van der Waals surface area contributed by atoms with Gasteiger partial charge in [0.2, 0.25) is 0 Å². The predicted octanol–water partition coefficient (Wildman–Crippen LogP) is 4.43. The number of alkyl halides is 3. The number of benzene rings is 3. The Balaban J connectivity index is 1.57. The summed E-state index contributed by atoms with van der Waals surface area (Å²) in [5, 5.41) is 2.78. The molecule has 1 unspecified atom stereocenters. The number of hydrogen-bond acceptors (Lipinski definition) is 3. The number of nitrogens with zero attached hydrogens (tertiary/aromatic N) is 1. The van der Waals surface area contributed by atoms with Gasteiger partial charge >= 0.3 is 6.18 Å². The maximum absolute atomic E-state index is 13.2. The molecule has 0 bridgehead atoms. The van der Waals surface area contributed by atoms with Crippen molar-refractivity contribution in [2.24, 2.45) is 0 Å². The zero-order valence-electron chi connectivity index (χ0n) is 16.8. The van der Waals surface area contributed by atoms with Crippen LogP contribution in [0, 0.1) is 0 Å². The second-order valence-electron chi connectivity index (χ2n) is 7.27. The number of hydrogen-bond donors (Lipinski definition) is 1. The van der Waals surface area contributed by atoms with E-state index in [4.69, 9.17) is 4.74 Å². The van der Waals surface area contributed by atoms with Gasteiger partial charge < -0.3 is 15.0 Å². The molecule has 1 aliphatic heterocycles. The van der Waals surface area contributed by atoms with Gasteiger partial charge in [0, 0.05) is 12.1 Å². The normalized spacial score (nSPS) is 15.5. The summed E-state index contributed by atoms with van der Waals surface area (Å²) in [5.74, 6) is -0.767. The fourth-order valence-corrected chi connectivity index (χ4v) is 3.45. The van der Waals surface area contributed by atoms with Gasteiger partial charge in [-0.05, 0) is 35.9 Å². The van der Waals surface area contributed by atoms with Crippen LogP contribution >= 0.6 is 0 Å². The van der Waals surface area contributed by atoms with Crippen molar-refractivity contribution >= 4 is 17.5 Å². The van der Waals surface area contributed by atoms with Gasteiger partial charge in [-0.15, -0.1) is 0 Å². The Kier molecular flexibility index (Phi) is 5.85. The van der Waals surface area contributed by atoms with Gasteiger partial charge in [-0.1, -0.05) is 48.5 Å². The maximum atomic E-state index is 13.2. The zero-order valence-corrected chi connectivity index (χ0v) is 16.8. The summed E-state index contributed by atoms with van der Waals surface area (Å²) in [7, 11) is 0. The number of ether oxygens (including phenoxy) is 1. The van der Waals surface area contributed by atoms with Gasteiger partial charge in [-0.3, -0.25) is 9.59 Å². The molecule has 0 fully saturated rings. The molecule has 1 atom stereocenters. The topological polar surface area (TPSA) is 58.6 Å². The first-order valence-corrected chi connectivity index (χ1v) is 9.89. The van der Waals surface area contributed by atoms with E-state index >= 15 is 0 Å². The van der Waals surface area contributed by atoms with E-state index in [9.17, 15) is 22.8 Å². The van der Waals surface area contributed by atoms with Crippen molar-refractivity contribution < 1.29 is 27.5 Å². The lowest BCUT2D eigenvalue weighted by Gasteiger charge is -2.34. The van der Waals surface area contributed by atoms with Crippen molar-refractivity contribution in [2.75, 3.05) is 11.4 Å². The fourth-order valence-electron chi connectivity index (χ4n) is 3.45. The molecule has 1 aliphatic rings. The van der Waals surface area contributed by atoms with E-state index in [1.54, 1.807) is 24.3 Å². The number of carbonyl (C=O) groups is 2. The van der Waals surface area contributed by atoms with Gasteiger partial charge in [0.15, 0.2) is 6.10 Å². The van der Waals surface area contributed by atoms with E-state index in [2.05, 4.69) is 5.32 Å². The second-order valence-corrected chi connectivity index (χ2v) is 7.27. The first-order valence-electron chi connectivity index (χ1n) is 9.89. The number of fused-ring (bicyclic) bond motifs is 1. The highest BCUT2D eigenvalue weighted by atomic mass is 19.4. The molecule has 3 aromatic carbocycles. The average molecular weight is 440 g/mol. The van der Waals surface area contributed by atoms with Gasteiger partial charge in [0.1, 0.15) is 5.75 Å². The summed E-state index contributed by atoms with van der Waals surface area (Å²) in [6, 6.07) is 20.1. The third kappa shape index (κ3) is 4.59. The molecular weight excluding hydrogens is 421 g/mol. The van der Waals surface area contributed by atoms with Gasteiger partial charge in [0.05, 0.1) is 17.8 Å². The van der Waals surface area contributed by atoms with E-state index in [0.29, 0.717) is 11.4 Å². The minimum absolute atomic E-state index is 0.125. The summed E-state index contributed by atoms with van der Waals surface area (Å²) in [6.45, 7) is 0.148. The van der Waals surface area contributed by atoms with Crippen molar-refractivity contribution in [3.63, 3.8) is 0 Å². The van der Waals surface area contributed by atoms with Crippen LogP contribution in [0.25, 0.3) is 0 Å². The summed E-state index contributed by atoms with van der Waals surface area (Å²) in [4.78, 5) is 27.2. The molecule has 32 heavy (non-hydrogen) atoms. The quantitative estimate of drug-likeness (QED) is 0.653. The Morgan fingerprint density at radius 2 is 1.69 bits per heavy atom. The van der Waals surface area contributed by atoms with Crippen molar-refractivity contribution in [3.05, 3.63) is 95.6 Å². The Hall–Kier alpha value is -3.81. The molecule has 5 nitrogen and oxygen atoms in total. The van der Waals surface area contributed by atoms with Crippen molar-refractivity contribution in [1.29, 1.82) is 0 Å². The first-order chi connectivity index (χ1) is 15.3. The summed E-state index contributed by atoms with van der Waals surface area (Å²) in [6.07, 6.45) is -5.58. The third-order valence-corrected chi connectivity index (χ3v) is 5.06. The number of nitrogens with one attached hydrogen (secondary N) is 1. The van der Waals surface area contributed by atoms with Gasteiger partial charge in [0.25, 0.3) is 11.8 Å². The number of halogens is 3. The highest BCUT2D eigenvalue weighted by Crippen LogP contribution is 2.35. The van der Waals surface area contributed by atoms with Crippen LogP contribution in [0.3, 0.4) is 0 Å².